The average molecular weight is 116 g/mol. The number of aliphatic hydroxyl groups excluding tert-OH is 1. The molecule has 1 unspecified atom stereocenters. The van der Waals surface area contributed by atoms with E-state index in [0.29, 0.717) is 6.54 Å². The Morgan fingerprint density at radius 3 is 2.88 bits per heavy atom. The van der Waals surface area contributed by atoms with Gasteiger partial charge in [0.2, 0.25) is 5.91 Å². The molecule has 1 rings (SSSR count). The number of carbonyl (C=O) groups is 1. The molecule has 1 saturated heterocycles. The van der Waals surface area contributed by atoms with Crippen LogP contribution in [0.1, 0.15) is 6.42 Å². The van der Waals surface area contributed by atoms with Gasteiger partial charge < -0.3 is 5.11 Å². The first-order chi connectivity index (χ1) is 3.79. The largest absolute Gasteiger partial charge is 0.391 e. The molecule has 0 aromatic carbocycles. The quantitative estimate of drug-likeness (QED) is 0.356. The Hall–Kier alpha value is -0.610. The Labute approximate surface area is 46.9 Å². The smallest absolute Gasteiger partial charge is 0.236 e. The van der Waals surface area contributed by atoms with Gasteiger partial charge in [0.15, 0.2) is 0 Å². The first kappa shape index (κ1) is 5.53. The van der Waals surface area contributed by atoms with Gasteiger partial charge >= 0.3 is 0 Å². The molecule has 1 aliphatic rings. The number of carbonyl (C=O) groups excluding carboxylic acids is 1. The molecule has 1 amide bonds. The zero-order valence-corrected chi connectivity index (χ0v) is 4.35. The lowest BCUT2D eigenvalue weighted by molar-refractivity contribution is -0.126. The summed E-state index contributed by atoms with van der Waals surface area (Å²) in [5.74, 6) is -0.149. The second kappa shape index (κ2) is 2.11. The van der Waals surface area contributed by atoms with Crippen molar-refractivity contribution in [3.05, 3.63) is 0 Å². The molecule has 0 radical (unpaired) electrons. The van der Waals surface area contributed by atoms with E-state index in [-0.39, 0.29) is 12.3 Å². The summed E-state index contributed by atoms with van der Waals surface area (Å²) in [5, 5.41) is 8.76. The van der Waals surface area contributed by atoms with Crippen LogP contribution < -0.4 is 10.9 Å². The van der Waals surface area contributed by atoms with Gasteiger partial charge in [-0.25, -0.2) is 5.43 Å². The van der Waals surface area contributed by atoms with Gasteiger partial charge in [-0.1, -0.05) is 0 Å². The van der Waals surface area contributed by atoms with E-state index in [1.807, 2.05) is 0 Å². The van der Waals surface area contributed by atoms with Crippen LogP contribution in [0.15, 0.2) is 0 Å². The normalized spacial score (nSPS) is 29.6. The molecule has 4 heteroatoms. The maximum absolute atomic E-state index is 10.3. The molecule has 0 aromatic heterocycles. The third-order valence-electron chi connectivity index (χ3n) is 0.987. The Morgan fingerprint density at radius 1 is 1.75 bits per heavy atom. The summed E-state index contributed by atoms with van der Waals surface area (Å²) in [4.78, 5) is 10.3. The van der Waals surface area contributed by atoms with Gasteiger partial charge in [-0.3, -0.25) is 10.2 Å². The molecule has 1 aliphatic heterocycles. The Balaban J connectivity index is 2.34. The summed E-state index contributed by atoms with van der Waals surface area (Å²) in [5.41, 5.74) is 4.90. The van der Waals surface area contributed by atoms with Crippen LogP contribution in [0.4, 0.5) is 0 Å². The van der Waals surface area contributed by atoms with Crippen LogP contribution in [0.3, 0.4) is 0 Å². The highest BCUT2D eigenvalue weighted by Crippen LogP contribution is 1.91. The maximum atomic E-state index is 10.3. The summed E-state index contributed by atoms with van der Waals surface area (Å²) in [6.45, 7) is 0.450. The van der Waals surface area contributed by atoms with E-state index in [9.17, 15) is 4.79 Å². The zero-order valence-electron chi connectivity index (χ0n) is 4.35. The van der Waals surface area contributed by atoms with Gasteiger partial charge in [-0.05, 0) is 0 Å². The fourth-order valence-corrected chi connectivity index (χ4v) is 0.605. The summed E-state index contributed by atoms with van der Waals surface area (Å²) >= 11 is 0. The first-order valence-corrected chi connectivity index (χ1v) is 2.49. The lowest BCUT2D eigenvalue weighted by atomic mass is 10.2. The number of aliphatic hydroxyl groups is 1. The molecule has 1 fully saturated rings. The van der Waals surface area contributed by atoms with Crippen molar-refractivity contribution < 1.29 is 9.90 Å². The average Bonchev–Trinajstić information content (AvgIpc) is 1.64. The Bertz CT molecular complexity index is 104. The lowest BCUT2D eigenvalue weighted by Crippen LogP contribution is -2.48. The predicted molar refractivity (Wildman–Crippen MR) is 26.8 cm³/mol. The highest BCUT2D eigenvalue weighted by molar-refractivity contribution is 5.76. The van der Waals surface area contributed by atoms with Crippen molar-refractivity contribution in [3.8, 4) is 0 Å². The molecule has 46 valence electrons. The van der Waals surface area contributed by atoms with E-state index >= 15 is 0 Å². The van der Waals surface area contributed by atoms with Crippen molar-refractivity contribution >= 4 is 5.91 Å². The van der Waals surface area contributed by atoms with E-state index < -0.39 is 6.10 Å². The SMILES string of the molecule is O=C1CC(O)CNN1. The minimum atomic E-state index is -0.510. The van der Waals surface area contributed by atoms with Gasteiger partial charge in [-0.15, -0.1) is 0 Å². The topological polar surface area (TPSA) is 61.4 Å². The van der Waals surface area contributed by atoms with Crippen LogP contribution in [-0.4, -0.2) is 23.7 Å². The van der Waals surface area contributed by atoms with Gasteiger partial charge in [0.25, 0.3) is 0 Å². The summed E-state index contributed by atoms with van der Waals surface area (Å²) < 4.78 is 0. The maximum Gasteiger partial charge on any atom is 0.236 e. The van der Waals surface area contributed by atoms with Gasteiger partial charge in [0, 0.05) is 6.54 Å². The van der Waals surface area contributed by atoms with E-state index in [1.165, 1.54) is 0 Å². The molecule has 0 saturated carbocycles. The third-order valence-corrected chi connectivity index (χ3v) is 0.987. The molecule has 8 heavy (non-hydrogen) atoms. The number of rotatable bonds is 0. The number of nitrogens with one attached hydrogen (secondary N) is 2. The Kier molecular flexibility index (Phi) is 1.45. The molecule has 1 heterocycles. The number of hydrazine groups is 1. The molecule has 1 atom stereocenters. The van der Waals surface area contributed by atoms with Crippen molar-refractivity contribution in [2.24, 2.45) is 0 Å². The minimum absolute atomic E-state index is 0.149. The fraction of sp³-hybridized carbons (Fsp3) is 0.750. The first-order valence-electron chi connectivity index (χ1n) is 2.49. The number of β-amino-alcohol motifs (C(OH)–C–C–N with tert-alkyl or cyclic N) is 1. The zero-order chi connectivity index (χ0) is 5.98. The summed E-state index contributed by atoms with van der Waals surface area (Å²) in [6, 6.07) is 0. The molecular weight excluding hydrogens is 108 g/mol. The second-order valence-corrected chi connectivity index (χ2v) is 1.79. The molecule has 0 bridgehead atoms. The van der Waals surface area contributed by atoms with E-state index in [1.54, 1.807) is 0 Å². The number of hydrogen-bond donors (Lipinski definition) is 3. The molecule has 0 spiro atoms. The predicted octanol–water partition coefficient (Wildman–Crippen LogP) is -1.63. The van der Waals surface area contributed by atoms with Crippen molar-refractivity contribution in [2.45, 2.75) is 12.5 Å². The third kappa shape index (κ3) is 1.18. The van der Waals surface area contributed by atoms with Crippen molar-refractivity contribution in [1.29, 1.82) is 0 Å². The molecule has 3 N–H and O–H groups in total. The molecule has 0 aromatic rings. The summed E-state index contributed by atoms with van der Waals surface area (Å²) in [7, 11) is 0. The summed E-state index contributed by atoms with van der Waals surface area (Å²) in [6.07, 6.45) is -0.295. The van der Waals surface area contributed by atoms with Crippen molar-refractivity contribution in [1.82, 2.24) is 10.9 Å². The highest BCUT2D eigenvalue weighted by atomic mass is 16.3. The van der Waals surface area contributed by atoms with Crippen LogP contribution in [0.5, 0.6) is 0 Å². The minimum Gasteiger partial charge on any atom is -0.391 e. The van der Waals surface area contributed by atoms with Gasteiger partial charge in [0.05, 0.1) is 12.5 Å². The van der Waals surface area contributed by atoms with Crippen molar-refractivity contribution in [3.63, 3.8) is 0 Å². The lowest BCUT2D eigenvalue weighted by Gasteiger charge is -2.17. The molecule has 4 nitrogen and oxygen atoms in total. The molecular formula is C4H8N2O2. The Morgan fingerprint density at radius 2 is 2.50 bits per heavy atom. The second-order valence-electron chi connectivity index (χ2n) is 1.79. The van der Waals surface area contributed by atoms with E-state index in [4.69, 9.17) is 5.11 Å². The van der Waals surface area contributed by atoms with Crippen molar-refractivity contribution in [2.75, 3.05) is 6.54 Å². The monoisotopic (exact) mass is 116 g/mol. The van der Waals surface area contributed by atoms with Gasteiger partial charge in [0.1, 0.15) is 0 Å². The number of hydrogen-bond acceptors (Lipinski definition) is 3. The fourth-order valence-electron chi connectivity index (χ4n) is 0.605. The highest BCUT2D eigenvalue weighted by Gasteiger charge is 2.14. The van der Waals surface area contributed by atoms with E-state index in [2.05, 4.69) is 10.9 Å². The van der Waals surface area contributed by atoms with Crippen LogP contribution in [-0.2, 0) is 4.79 Å². The van der Waals surface area contributed by atoms with Crippen LogP contribution in [0, 0.1) is 0 Å². The van der Waals surface area contributed by atoms with Gasteiger partial charge in [-0.2, -0.15) is 0 Å². The number of amides is 1. The standard InChI is InChI=1S/C4H8N2O2/c7-3-1-4(8)6-5-2-3/h3,5,7H,1-2H2,(H,6,8). The van der Waals surface area contributed by atoms with Crippen LogP contribution in [0.2, 0.25) is 0 Å². The van der Waals surface area contributed by atoms with Crippen LogP contribution >= 0.6 is 0 Å². The van der Waals surface area contributed by atoms with E-state index in [0.717, 1.165) is 0 Å². The van der Waals surface area contributed by atoms with Crippen LogP contribution in [0.25, 0.3) is 0 Å². The molecule has 0 aliphatic carbocycles.